The molecule has 1 amide bonds. The summed E-state index contributed by atoms with van der Waals surface area (Å²) in [5.74, 6) is -2.38. The Bertz CT molecular complexity index is 972. The molecular weight excluding hydrogens is 354 g/mol. The van der Waals surface area contributed by atoms with Crippen molar-refractivity contribution in [2.24, 2.45) is 5.73 Å². The van der Waals surface area contributed by atoms with E-state index >= 15 is 0 Å². The largest absolute Gasteiger partial charge is 0.469 e. The van der Waals surface area contributed by atoms with Crippen LogP contribution in [0.3, 0.4) is 0 Å². The zero-order valence-electron chi connectivity index (χ0n) is 14.5. The molecule has 0 aromatic heterocycles. The second-order valence-electron chi connectivity index (χ2n) is 5.75. The van der Waals surface area contributed by atoms with Crippen molar-refractivity contribution in [3.63, 3.8) is 0 Å². The third kappa shape index (κ3) is 2.42. The minimum Gasteiger partial charge on any atom is -0.469 e. The van der Waals surface area contributed by atoms with Crippen molar-refractivity contribution in [3.05, 3.63) is 52.6 Å². The van der Waals surface area contributed by atoms with Gasteiger partial charge in [-0.05, 0) is 6.07 Å². The van der Waals surface area contributed by atoms with Gasteiger partial charge in [-0.3, -0.25) is 9.59 Å². The number of rotatable bonds is 3. The lowest BCUT2D eigenvalue weighted by atomic mass is 9.68. The third-order valence-corrected chi connectivity index (χ3v) is 4.46. The molecule has 1 unspecified atom stereocenters. The molecule has 2 aliphatic heterocycles. The van der Waals surface area contributed by atoms with Crippen LogP contribution in [0.2, 0.25) is 0 Å². The summed E-state index contributed by atoms with van der Waals surface area (Å²) in [5.41, 5.74) is 3.76. The van der Waals surface area contributed by atoms with E-state index in [2.05, 4.69) is 10.1 Å². The second kappa shape index (κ2) is 6.49. The normalized spacial score (nSPS) is 20.6. The number of esters is 2. The maximum Gasteiger partial charge on any atom is 0.337 e. The summed E-state index contributed by atoms with van der Waals surface area (Å²) >= 11 is 0. The summed E-state index contributed by atoms with van der Waals surface area (Å²) in [7, 11) is 2.31. The second-order valence-corrected chi connectivity index (χ2v) is 5.75. The molecule has 9 heteroatoms. The summed E-state index contributed by atoms with van der Waals surface area (Å²) in [5, 5.41) is 12.2. The molecule has 0 bridgehead atoms. The van der Waals surface area contributed by atoms with Gasteiger partial charge < -0.3 is 25.3 Å². The molecule has 2 heterocycles. The number of methoxy groups -OCH3 is 2. The highest BCUT2D eigenvalue weighted by Crippen LogP contribution is 2.51. The quantitative estimate of drug-likeness (QED) is 0.716. The lowest BCUT2D eigenvalue weighted by Gasteiger charge is -2.34. The van der Waals surface area contributed by atoms with Gasteiger partial charge in [0.1, 0.15) is 17.4 Å². The molecular formula is C18H15N3O6. The number of fused-ring (bicyclic) bond motifs is 2. The van der Waals surface area contributed by atoms with E-state index in [4.69, 9.17) is 15.2 Å². The number of nitriles is 1. The number of carbonyl (C=O) groups excluding carboxylic acids is 3. The fraction of sp³-hybridized carbons (Fsp3) is 0.222. The minimum atomic E-state index is -1.88. The van der Waals surface area contributed by atoms with Crippen molar-refractivity contribution in [1.82, 2.24) is 5.32 Å². The maximum absolute atomic E-state index is 13.1. The number of nitrogens with two attached hydrogens (primary N) is 1. The van der Waals surface area contributed by atoms with Gasteiger partial charge in [0, 0.05) is 11.3 Å². The number of amides is 1. The average molecular weight is 369 g/mol. The third-order valence-electron chi connectivity index (χ3n) is 4.46. The average Bonchev–Trinajstić information content (AvgIpc) is 2.93. The first-order valence-corrected chi connectivity index (χ1v) is 7.79. The Morgan fingerprint density at radius 3 is 2.63 bits per heavy atom. The molecule has 138 valence electrons. The van der Waals surface area contributed by atoms with Gasteiger partial charge in [-0.25, -0.2) is 4.79 Å². The van der Waals surface area contributed by atoms with Gasteiger partial charge in [0.15, 0.2) is 5.41 Å². The van der Waals surface area contributed by atoms with E-state index in [9.17, 15) is 19.6 Å². The van der Waals surface area contributed by atoms with Crippen LogP contribution >= 0.6 is 0 Å². The lowest BCUT2D eigenvalue weighted by Crippen LogP contribution is -2.46. The molecule has 1 spiro atoms. The topological polar surface area (TPSA) is 141 Å². The zero-order chi connectivity index (χ0) is 19.8. The Morgan fingerprint density at radius 2 is 2.00 bits per heavy atom. The Kier molecular flexibility index (Phi) is 4.33. The first-order chi connectivity index (χ1) is 12.9. The molecule has 27 heavy (non-hydrogen) atoms. The van der Waals surface area contributed by atoms with Crippen LogP contribution in [0.1, 0.15) is 12.0 Å². The van der Waals surface area contributed by atoms with Crippen LogP contribution in [0.5, 0.6) is 5.75 Å². The lowest BCUT2D eigenvalue weighted by molar-refractivity contribution is -0.139. The monoisotopic (exact) mass is 369 g/mol. The Hall–Kier alpha value is -3.80. The fourth-order valence-electron chi connectivity index (χ4n) is 3.35. The molecule has 1 atom stereocenters. The number of hydrogen-bond donors (Lipinski definition) is 2. The van der Waals surface area contributed by atoms with Crippen LogP contribution < -0.4 is 15.8 Å². The molecule has 0 aliphatic carbocycles. The molecule has 3 rings (SSSR count). The van der Waals surface area contributed by atoms with Gasteiger partial charge in [-0.1, -0.05) is 18.2 Å². The molecule has 3 N–H and O–H groups in total. The van der Waals surface area contributed by atoms with Gasteiger partial charge in [0.2, 0.25) is 11.8 Å². The van der Waals surface area contributed by atoms with Crippen molar-refractivity contribution in [3.8, 4) is 11.8 Å². The first kappa shape index (κ1) is 18.0. The van der Waals surface area contributed by atoms with E-state index in [0.717, 1.165) is 7.11 Å². The van der Waals surface area contributed by atoms with E-state index in [1.165, 1.54) is 7.11 Å². The maximum atomic E-state index is 13.1. The van der Waals surface area contributed by atoms with Crippen LogP contribution in [0, 0.1) is 11.3 Å². The first-order valence-electron chi connectivity index (χ1n) is 7.79. The van der Waals surface area contributed by atoms with Crippen LogP contribution in [0.25, 0.3) is 0 Å². The van der Waals surface area contributed by atoms with Crippen molar-refractivity contribution in [1.29, 1.82) is 5.26 Å². The molecule has 2 aliphatic rings. The van der Waals surface area contributed by atoms with E-state index < -0.39 is 29.7 Å². The van der Waals surface area contributed by atoms with Gasteiger partial charge in [-0.15, -0.1) is 0 Å². The predicted molar refractivity (Wildman–Crippen MR) is 89.4 cm³/mol. The summed E-state index contributed by atoms with van der Waals surface area (Å²) in [6.45, 7) is 0. The highest BCUT2D eigenvalue weighted by atomic mass is 16.5. The van der Waals surface area contributed by atoms with Crippen molar-refractivity contribution in [2.75, 3.05) is 14.2 Å². The zero-order valence-corrected chi connectivity index (χ0v) is 14.5. The standard InChI is InChI=1S/C18H15N3O6/c1-25-13(22)7-11-14(16(23)26-2)18(17(24)21-11)9-5-3-4-6-12(9)27-15(20)10(18)8-19/h3-6H,7,20H2,1-2H3,(H,21,24). The molecule has 1 aromatic rings. The molecule has 0 saturated heterocycles. The fourth-order valence-corrected chi connectivity index (χ4v) is 3.35. The number of benzene rings is 1. The van der Waals surface area contributed by atoms with E-state index in [-0.39, 0.29) is 34.0 Å². The van der Waals surface area contributed by atoms with E-state index in [0.29, 0.717) is 0 Å². The van der Waals surface area contributed by atoms with Gasteiger partial charge in [-0.2, -0.15) is 5.26 Å². The summed E-state index contributed by atoms with van der Waals surface area (Å²) in [6, 6.07) is 8.24. The van der Waals surface area contributed by atoms with E-state index in [1.54, 1.807) is 24.3 Å². The molecule has 0 radical (unpaired) electrons. The summed E-state index contributed by atoms with van der Waals surface area (Å²) in [4.78, 5) is 37.6. The van der Waals surface area contributed by atoms with E-state index in [1.807, 2.05) is 6.07 Å². The number of carbonyl (C=O) groups is 3. The van der Waals surface area contributed by atoms with Crippen LogP contribution in [-0.4, -0.2) is 32.1 Å². The van der Waals surface area contributed by atoms with Gasteiger partial charge in [0.05, 0.1) is 26.2 Å². The predicted octanol–water partition coefficient (Wildman–Crippen LogP) is 0.131. The Morgan fingerprint density at radius 1 is 1.30 bits per heavy atom. The number of nitrogens with one attached hydrogen (secondary N) is 1. The number of para-hydroxylation sites is 1. The van der Waals surface area contributed by atoms with Gasteiger partial charge >= 0.3 is 11.9 Å². The van der Waals surface area contributed by atoms with Crippen LogP contribution in [0.15, 0.2) is 47.0 Å². The number of hydrogen-bond acceptors (Lipinski definition) is 8. The van der Waals surface area contributed by atoms with Crippen molar-refractivity contribution >= 4 is 17.8 Å². The molecule has 1 aromatic carbocycles. The Labute approximate surface area is 154 Å². The van der Waals surface area contributed by atoms with Gasteiger partial charge in [0.25, 0.3) is 0 Å². The molecule has 9 nitrogen and oxygen atoms in total. The smallest absolute Gasteiger partial charge is 0.337 e. The summed E-state index contributed by atoms with van der Waals surface area (Å²) in [6.07, 6.45) is -0.393. The molecule has 0 saturated carbocycles. The van der Waals surface area contributed by atoms with Crippen molar-refractivity contribution < 1.29 is 28.6 Å². The Balaban J connectivity index is 2.40. The van der Waals surface area contributed by atoms with Crippen molar-refractivity contribution in [2.45, 2.75) is 11.8 Å². The highest BCUT2D eigenvalue weighted by molar-refractivity contribution is 6.13. The number of ether oxygens (including phenoxy) is 3. The SMILES string of the molecule is COC(=O)CC1=C(C(=O)OC)C2(C(=O)N1)C(C#N)=C(N)Oc1ccccc12. The van der Waals surface area contributed by atoms with Crippen LogP contribution in [0.4, 0.5) is 0 Å². The summed E-state index contributed by atoms with van der Waals surface area (Å²) < 4.78 is 14.9. The van der Waals surface area contributed by atoms with Crippen LogP contribution in [-0.2, 0) is 29.3 Å². The molecule has 0 fully saturated rings. The minimum absolute atomic E-state index is 0.0176. The number of nitrogens with zero attached hydrogens (tertiary/aromatic N) is 1. The highest BCUT2D eigenvalue weighted by Gasteiger charge is 2.60.